The van der Waals surface area contributed by atoms with Gasteiger partial charge in [-0.3, -0.25) is 4.90 Å². The molecule has 2 aliphatic rings. The molecule has 0 aromatic rings. The SMILES string of the molecule is BrCCCN(CC1CCOC1)C1CCC1. The van der Waals surface area contributed by atoms with Gasteiger partial charge in [0.15, 0.2) is 0 Å². The van der Waals surface area contributed by atoms with Gasteiger partial charge in [0.05, 0.1) is 6.61 Å². The van der Waals surface area contributed by atoms with Gasteiger partial charge in [0.2, 0.25) is 0 Å². The Kier molecular flexibility index (Phi) is 4.92. The first-order valence-electron chi connectivity index (χ1n) is 6.28. The Morgan fingerprint density at radius 2 is 2.13 bits per heavy atom. The maximum Gasteiger partial charge on any atom is 0.0507 e. The van der Waals surface area contributed by atoms with Gasteiger partial charge in [-0.25, -0.2) is 0 Å². The number of rotatable bonds is 6. The molecule has 0 aromatic heterocycles. The highest BCUT2D eigenvalue weighted by Crippen LogP contribution is 2.27. The second-order valence-electron chi connectivity index (χ2n) is 4.85. The third kappa shape index (κ3) is 3.43. The lowest BCUT2D eigenvalue weighted by atomic mass is 9.90. The van der Waals surface area contributed by atoms with Crippen LogP contribution in [0.15, 0.2) is 0 Å². The molecule has 0 aromatic carbocycles. The van der Waals surface area contributed by atoms with Gasteiger partial charge in [-0.15, -0.1) is 0 Å². The van der Waals surface area contributed by atoms with Crippen molar-refractivity contribution in [2.24, 2.45) is 5.92 Å². The molecule has 0 spiro atoms. The summed E-state index contributed by atoms with van der Waals surface area (Å²) in [5.74, 6) is 0.806. The molecule has 0 amide bonds. The minimum absolute atomic E-state index is 0.806. The van der Waals surface area contributed by atoms with Crippen molar-refractivity contribution in [1.82, 2.24) is 4.90 Å². The summed E-state index contributed by atoms with van der Waals surface area (Å²) < 4.78 is 5.46. The minimum Gasteiger partial charge on any atom is -0.381 e. The molecule has 2 rings (SSSR count). The molecule has 3 heteroatoms. The first-order valence-corrected chi connectivity index (χ1v) is 7.40. The standard InChI is InChI=1S/C12H22BrNO/c13-6-2-7-14(12-3-1-4-12)9-11-5-8-15-10-11/h11-12H,1-10H2. The van der Waals surface area contributed by atoms with Crippen molar-refractivity contribution in [3.8, 4) is 0 Å². The van der Waals surface area contributed by atoms with Crippen LogP contribution in [0, 0.1) is 5.92 Å². The first-order chi connectivity index (χ1) is 7.40. The van der Waals surface area contributed by atoms with Gasteiger partial charge < -0.3 is 4.74 Å². The summed E-state index contributed by atoms with van der Waals surface area (Å²) in [6, 6.07) is 0.893. The molecule has 0 bridgehead atoms. The Morgan fingerprint density at radius 3 is 2.67 bits per heavy atom. The molecule has 88 valence electrons. The molecule has 1 saturated heterocycles. The van der Waals surface area contributed by atoms with E-state index in [2.05, 4.69) is 20.8 Å². The van der Waals surface area contributed by atoms with Gasteiger partial charge in [-0.05, 0) is 38.1 Å². The van der Waals surface area contributed by atoms with Crippen LogP contribution in [0.3, 0.4) is 0 Å². The van der Waals surface area contributed by atoms with Crippen LogP contribution in [0.4, 0.5) is 0 Å². The number of ether oxygens (including phenoxy) is 1. The molecule has 2 fully saturated rings. The molecule has 1 atom stereocenters. The average Bonchev–Trinajstić information content (AvgIpc) is 2.64. The molecule has 0 N–H and O–H groups in total. The third-order valence-corrected chi connectivity index (χ3v) is 4.25. The number of hydrogen-bond donors (Lipinski definition) is 0. The Hall–Kier alpha value is 0.400. The smallest absolute Gasteiger partial charge is 0.0507 e. The predicted molar refractivity (Wildman–Crippen MR) is 66.5 cm³/mol. The van der Waals surface area contributed by atoms with Crippen LogP contribution in [0.1, 0.15) is 32.1 Å². The Labute approximate surface area is 101 Å². The van der Waals surface area contributed by atoms with Crippen LogP contribution in [0.25, 0.3) is 0 Å². The van der Waals surface area contributed by atoms with Gasteiger partial charge in [0, 0.05) is 24.5 Å². The van der Waals surface area contributed by atoms with E-state index in [0.717, 1.165) is 30.5 Å². The predicted octanol–water partition coefficient (Wildman–Crippen LogP) is 2.66. The highest BCUT2D eigenvalue weighted by atomic mass is 79.9. The van der Waals surface area contributed by atoms with Gasteiger partial charge in [-0.2, -0.15) is 0 Å². The van der Waals surface area contributed by atoms with Crippen molar-refractivity contribution >= 4 is 15.9 Å². The van der Waals surface area contributed by atoms with Crippen LogP contribution in [-0.4, -0.2) is 42.6 Å². The average molecular weight is 276 g/mol. The molecule has 15 heavy (non-hydrogen) atoms. The lowest BCUT2D eigenvalue weighted by Crippen LogP contribution is -2.43. The minimum atomic E-state index is 0.806. The molecule has 1 saturated carbocycles. The number of nitrogens with zero attached hydrogens (tertiary/aromatic N) is 1. The van der Waals surface area contributed by atoms with Crippen LogP contribution in [0.5, 0.6) is 0 Å². The normalized spacial score (nSPS) is 27.2. The van der Waals surface area contributed by atoms with E-state index in [1.54, 1.807) is 0 Å². The fraction of sp³-hybridized carbons (Fsp3) is 1.00. The van der Waals surface area contributed by atoms with Crippen molar-refractivity contribution < 1.29 is 4.74 Å². The van der Waals surface area contributed by atoms with Crippen LogP contribution < -0.4 is 0 Å². The van der Waals surface area contributed by atoms with E-state index in [4.69, 9.17) is 4.74 Å². The summed E-state index contributed by atoms with van der Waals surface area (Å²) in [4.78, 5) is 2.71. The van der Waals surface area contributed by atoms with Gasteiger partial charge in [-0.1, -0.05) is 22.4 Å². The molecular weight excluding hydrogens is 254 g/mol. The highest BCUT2D eigenvalue weighted by molar-refractivity contribution is 9.09. The fourth-order valence-electron chi connectivity index (χ4n) is 2.50. The number of alkyl halides is 1. The van der Waals surface area contributed by atoms with Gasteiger partial charge in [0.1, 0.15) is 0 Å². The summed E-state index contributed by atoms with van der Waals surface area (Å²) in [5.41, 5.74) is 0. The maximum atomic E-state index is 5.46. The topological polar surface area (TPSA) is 12.5 Å². The Morgan fingerprint density at radius 1 is 1.27 bits per heavy atom. The second-order valence-corrected chi connectivity index (χ2v) is 5.64. The zero-order valence-corrected chi connectivity index (χ0v) is 11.0. The van der Waals surface area contributed by atoms with E-state index < -0.39 is 0 Å². The van der Waals surface area contributed by atoms with Crippen LogP contribution in [0.2, 0.25) is 0 Å². The molecule has 2 nitrogen and oxygen atoms in total. The van der Waals surface area contributed by atoms with Crippen molar-refractivity contribution in [1.29, 1.82) is 0 Å². The third-order valence-electron chi connectivity index (χ3n) is 3.69. The van der Waals surface area contributed by atoms with Crippen molar-refractivity contribution in [3.63, 3.8) is 0 Å². The molecule has 1 heterocycles. The molecule has 1 aliphatic heterocycles. The molecule has 1 unspecified atom stereocenters. The van der Waals surface area contributed by atoms with E-state index >= 15 is 0 Å². The van der Waals surface area contributed by atoms with E-state index in [1.807, 2.05) is 0 Å². The van der Waals surface area contributed by atoms with Crippen molar-refractivity contribution in [2.75, 3.05) is 31.6 Å². The fourth-order valence-corrected chi connectivity index (χ4v) is 2.75. The molecule has 1 aliphatic carbocycles. The summed E-state index contributed by atoms with van der Waals surface area (Å²) in [6.45, 7) is 4.53. The lowest BCUT2D eigenvalue weighted by molar-refractivity contribution is 0.100. The lowest BCUT2D eigenvalue weighted by Gasteiger charge is -2.38. The second kappa shape index (κ2) is 6.21. The Balaban J connectivity index is 1.75. The van der Waals surface area contributed by atoms with Crippen LogP contribution in [-0.2, 0) is 4.74 Å². The zero-order chi connectivity index (χ0) is 10.5. The largest absolute Gasteiger partial charge is 0.381 e. The zero-order valence-electron chi connectivity index (χ0n) is 9.46. The van der Waals surface area contributed by atoms with Gasteiger partial charge >= 0.3 is 0 Å². The van der Waals surface area contributed by atoms with Crippen molar-refractivity contribution in [2.45, 2.75) is 38.1 Å². The summed E-state index contributed by atoms with van der Waals surface area (Å²) >= 11 is 3.53. The summed E-state index contributed by atoms with van der Waals surface area (Å²) in [5, 5.41) is 1.14. The molecule has 0 radical (unpaired) electrons. The van der Waals surface area contributed by atoms with E-state index in [0.29, 0.717) is 0 Å². The quantitative estimate of drug-likeness (QED) is 0.692. The van der Waals surface area contributed by atoms with E-state index in [1.165, 1.54) is 45.2 Å². The number of halogens is 1. The summed E-state index contributed by atoms with van der Waals surface area (Å²) in [7, 11) is 0. The maximum absolute atomic E-state index is 5.46. The van der Waals surface area contributed by atoms with Gasteiger partial charge in [0.25, 0.3) is 0 Å². The van der Waals surface area contributed by atoms with Crippen molar-refractivity contribution in [3.05, 3.63) is 0 Å². The van der Waals surface area contributed by atoms with E-state index in [9.17, 15) is 0 Å². The Bertz CT molecular complexity index is 178. The monoisotopic (exact) mass is 275 g/mol. The van der Waals surface area contributed by atoms with E-state index in [-0.39, 0.29) is 0 Å². The summed E-state index contributed by atoms with van der Waals surface area (Å²) in [6.07, 6.45) is 6.85. The highest BCUT2D eigenvalue weighted by Gasteiger charge is 2.27. The first kappa shape index (κ1) is 11.9. The molecular formula is C12H22BrNO. The van der Waals surface area contributed by atoms with Crippen LogP contribution >= 0.6 is 15.9 Å². The number of hydrogen-bond acceptors (Lipinski definition) is 2.